The van der Waals surface area contributed by atoms with Crippen molar-refractivity contribution in [3.63, 3.8) is 0 Å². The molecule has 1 aromatic rings. The second-order valence-corrected chi connectivity index (χ2v) is 3.51. The summed E-state index contributed by atoms with van der Waals surface area (Å²) in [6.45, 7) is 5.24. The van der Waals surface area contributed by atoms with Crippen LogP contribution < -0.4 is 15.4 Å². The Hall–Kier alpha value is -1.68. The molecule has 2 N–H and O–H groups in total. The summed E-state index contributed by atoms with van der Waals surface area (Å²) in [5, 5.41) is 5.62. The summed E-state index contributed by atoms with van der Waals surface area (Å²) in [7, 11) is 1.51. The van der Waals surface area contributed by atoms with Crippen LogP contribution in [0.5, 0.6) is 5.75 Å². The molecule has 0 bridgehead atoms. The minimum absolute atomic E-state index is 0.380. The zero-order chi connectivity index (χ0) is 12.1. The number of amides is 2. The lowest BCUT2D eigenvalue weighted by molar-refractivity contribution is 0.255. The summed E-state index contributed by atoms with van der Waals surface area (Å²) in [6.07, 6.45) is 1.30. The highest BCUT2D eigenvalue weighted by molar-refractivity contribution is 6.31. The van der Waals surface area contributed by atoms with Gasteiger partial charge in [0.05, 0.1) is 12.8 Å². The number of halogens is 1. The van der Waals surface area contributed by atoms with Gasteiger partial charge in [-0.15, -0.1) is 0 Å². The Labute approximate surface area is 99.2 Å². The Morgan fingerprint density at radius 1 is 1.56 bits per heavy atom. The third-order valence-corrected chi connectivity index (χ3v) is 2.37. The molecular formula is C11H13ClN2O2. The van der Waals surface area contributed by atoms with Crippen LogP contribution in [0.4, 0.5) is 10.5 Å². The first-order valence-corrected chi connectivity index (χ1v) is 4.99. The maximum atomic E-state index is 11.3. The third kappa shape index (κ3) is 2.90. The minimum atomic E-state index is -0.380. The van der Waals surface area contributed by atoms with E-state index in [4.69, 9.17) is 16.3 Å². The Kier molecular flexibility index (Phi) is 4.19. The Morgan fingerprint density at radius 3 is 2.81 bits per heavy atom. The summed E-state index contributed by atoms with van der Waals surface area (Å²) in [4.78, 5) is 11.3. The molecule has 0 radical (unpaired) electrons. The molecule has 2 amide bonds. The number of hydrogen-bond acceptors (Lipinski definition) is 2. The average Bonchev–Trinajstić information content (AvgIpc) is 2.23. The van der Waals surface area contributed by atoms with Crippen molar-refractivity contribution in [3.05, 3.63) is 35.5 Å². The maximum absolute atomic E-state index is 11.3. The fraction of sp³-hybridized carbons (Fsp3) is 0.182. The number of rotatable bonds is 3. The van der Waals surface area contributed by atoms with Gasteiger partial charge in [-0.25, -0.2) is 4.79 Å². The monoisotopic (exact) mass is 240 g/mol. The number of ether oxygens (including phenoxy) is 1. The third-order valence-electron chi connectivity index (χ3n) is 1.96. The molecule has 1 rings (SSSR count). The summed E-state index contributed by atoms with van der Waals surface area (Å²) in [5.41, 5.74) is 1.42. The molecule has 0 aliphatic carbocycles. The summed E-state index contributed by atoms with van der Waals surface area (Å²) in [6, 6.07) is 3.01. The van der Waals surface area contributed by atoms with Crippen LogP contribution in [0.2, 0.25) is 5.02 Å². The Morgan fingerprint density at radius 2 is 2.25 bits per heavy atom. The topological polar surface area (TPSA) is 50.4 Å². The first-order chi connectivity index (χ1) is 7.58. The van der Waals surface area contributed by atoms with Gasteiger partial charge in [0.15, 0.2) is 0 Å². The van der Waals surface area contributed by atoms with Crippen LogP contribution >= 0.6 is 11.6 Å². The largest absolute Gasteiger partial charge is 0.495 e. The van der Waals surface area contributed by atoms with Gasteiger partial charge in [-0.3, -0.25) is 0 Å². The van der Waals surface area contributed by atoms with Crippen molar-refractivity contribution in [2.75, 3.05) is 12.4 Å². The molecule has 0 aromatic heterocycles. The normalized spacial score (nSPS) is 9.44. The van der Waals surface area contributed by atoms with E-state index < -0.39 is 0 Å². The SMILES string of the molecule is C=CNC(=O)Nc1cc(C)c(Cl)cc1OC. The highest BCUT2D eigenvalue weighted by atomic mass is 35.5. The lowest BCUT2D eigenvalue weighted by Crippen LogP contribution is -2.23. The van der Waals surface area contributed by atoms with E-state index in [-0.39, 0.29) is 6.03 Å². The van der Waals surface area contributed by atoms with Crippen LogP contribution in [0.15, 0.2) is 24.9 Å². The molecule has 0 saturated carbocycles. The van der Waals surface area contributed by atoms with E-state index in [1.165, 1.54) is 13.3 Å². The van der Waals surface area contributed by atoms with E-state index in [0.717, 1.165) is 5.56 Å². The van der Waals surface area contributed by atoms with E-state index in [9.17, 15) is 4.79 Å². The smallest absolute Gasteiger partial charge is 0.323 e. The fourth-order valence-corrected chi connectivity index (χ4v) is 1.33. The van der Waals surface area contributed by atoms with E-state index in [1.807, 2.05) is 6.92 Å². The maximum Gasteiger partial charge on any atom is 0.323 e. The first kappa shape index (κ1) is 12.4. The van der Waals surface area contributed by atoms with Crippen LogP contribution in [0.3, 0.4) is 0 Å². The standard InChI is InChI=1S/C11H13ClN2O2/c1-4-13-11(15)14-9-5-7(2)8(12)6-10(9)16-3/h4-6H,1H2,2-3H3,(H2,13,14,15). The molecule has 0 unspecified atom stereocenters. The second-order valence-electron chi connectivity index (χ2n) is 3.10. The molecule has 0 saturated heterocycles. The van der Waals surface area contributed by atoms with Crippen LogP contribution in [-0.2, 0) is 0 Å². The molecule has 0 heterocycles. The molecule has 5 heteroatoms. The molecular weight excluding hydrogens is 228 g/mol. The van der Waals surface area contributed by atoms with Crippen molar-refractivity contribution in [1.82, 2.24) is 5.32 Å². The number of carbonyl (C=O) groups is 1. The highest BCUT2D eigenvalue weighted by Crippen LogP contribution is 2.30. The lowest BCUT2D eigenvalue weighted by atomic mass is 10.2. The molecule has 1 aromatic carbocycles. The number of hydrogen-bond donors (Lipinski definition) is 2. The predicted octanol–water partition coefficient (Wildman–Crippen LogP) is 2.92. The van der Waals surface area contributed by atoms with Crippen LogP contribution in [0.1, 0.15) is 5.56 Å². The van der Waals surface area contributed by atoms with Gasteiger partial charge in [-0.1, -0.05) is 18.2 Å². The highest BCUT2D eigenvalue weighted by Gasteiger charge is 2.09. The summed E-state index contributed by atoms with van der Waals surface area (Å²) in [5.74, 6) is 0.509. The Balaban J connectivity index is 2.98. The van der Waals surface area contributed by atoms with Crippen molar-refractivity contribution in [2.45, 2.75) is 6.92 Å². The number of methoxy groups -OCH3 is 1. The molecule has 0 aliphatic rings. The molecule has 0 aliphatic heterocycles. The number of anilines is 1. The molecule has 0 fully saturated rings. The van der Waals surface area contributed by atoms with Gasteiger partial charge < -0.3 is 15.4 Å². The zero-order valence-corrected chi connectivity index (χ0v) is 9.89. The lowest BCUT2D eigenvalue weighted by Gasteiger charge is -2.11. The van der Waals surface area contributed by atoms with Gasteiger partial charge in [0, 0.05) is 11.1 Å². The summed E-state index contributed by atoms with van der Waals surface area (Å²) < 4.78 is 5.11. The van der Waals surface area contributed by atoms with Crippen molar-refractivity contribution in [3.8, 4) is 5.75 Å². The van der Waals surface area contributed by atoms with Crippen molar-refractivity contribution >= 4 is 23.3 Å². The van der Waals surface area contributed by atoms with Gasteiger partial charge in [-0.2, -0.15) is 0 Å². The van der Waals surface area contributed by atoms with Crippen molar-refractivity contribution < 1.29 is 9.53 Å². The van der Waals surface area contributed by atoms with E-state index in [1.54, 1.807) is 12.1 Å². The summed E-state index contributed by atoms with van der Waals surface area (Å²) >= 11 is 5.94. The fourth-order valence-electron chi connectivity index (χ4n) is 1.18. The number of urea groups is 1. The van der Waals surface area contributed by atoms with Crippen LogP contribution in [-0.4, -0.2) is 13.1 Å². The molecule has 0 spiro atoms. The van der Waals surface area contributed by atoms with Gasteiger partial charge in [0.1, 0.15) is 5.75 Å². The quantitative estimate of drug-likeness (QED) is 0.854. The molecule has 4 nitrogen and oxygen atoms in total. The molecule has 16 heavy (non-hydrogen) atoms. The number of benzene rings is 1. The molecule has 0 atom stereocenters. The van der Waals surface area contributed by atoms with Gasteiger partial charge >= 0.3 is 6.03 Å². The second kappa shape index (κ2) is 5.42. The minimum Gasteiger partial charge on any atom is -0.495 e. The Bertz CT molecular complexity index is 419. The van der Waals surface area contributed by atoms with E-state index >= 15 is 0 Å². The van der Waals surface area contributed by atoms with Crippen LogP contribution in [0, 0.1) is 6.92 Å². The van der Waals surface area contributed by atoms with Gasteiger partial charge in [0.25, 0.3) is 0 Å². The van der Waals surface area contributed by atoms with E-state index in [2.05, 4.69) is 17.2 Å². The van der Waals surface area contributed by atoms with E-state index in [0.29, 0.717) is 16.5 Å². The number of aryl methyl sites for hydroxylation is 1. The predicted molar refractivity (Wildman–Crippen MR) is 65.1 cm³/mol. The average molecular weight is 241 g/mol. The number of nitrogens with one attached hydrogen (secondary N) is 2. The zero-order valence-electron chi connectivity index (χ0n) is 9.13. The van der Waals surface area contributed by atoms with Crippen molar-refractivity contribution in [1.29, 1.82) is 0 Å². The van der Waals surface area contributed by atoms with Gasteiger partial charge in [-0.05, 0) is 24.8 Å². The number of carbonyl (C=O) groups excluding carboxylic acids is 1. The van der Waals surface area contributed by atoms with Gasteiger partial charge in [0.2, 0.25) is 0 Å². The first-order valence-electron chi connectivity index (χ1n) is 4.61. The molecule has 86 valence electrons. The van der Waals surface area contributed by atoms with Crippen LogP contribution in [0.25, 0.3) is 0 Å². The van der Waals surface area contributed by atoms with Crippen molar-refractivity contribution in [2.24, 2.45) is 0 Å².